The lowest BCUT2D eigenvalue weighted by atomic mass is 10.6. The van der Waals surface area contributed by atoms with Crippen molar-refractivity contribution >= 4 is 9.28 Å². The van der Waals surface area contributed by atoms with Gasteiger partial charge in [0, 0.05) is 14.2 Å². The Morgan fingerprint density at radius 1 is 1.25 bits per heavy atom. The standard InChI is InChI=1S/C5H14O2Si/c1-4-5-8(6-2)7-3/h8H,4-5H2,1-3H3. The van der Waals surface area contributed by atoms with E-state index in [-0.39, 0.29) is 0 Å². The Hall–Kier alpha value is 0.137. The van der Waals surface area contributed by atoms with Crippen LogP contribution in [-0.2, 0) is 8.85 Å². The van der Waals surface area contributed by atoms with E-state index in [0.29, 0.717) is 0 Å². The molecule has 0 aliphatic heterocycles. The Morgan fingerprint density at radius 3 is 1.88 bits per heavy atom. The van der Waals surface area contributed by atoms with Gasteiger partial charge in [0.1, 0.15) is 0 Å². The minimum atomic E-state index is -1.19. The van der Waals surface area contributed by atoms with Gasteiger partial charge in [0.2, 0.25) is 0 Å². The summed E-state index contributed by atoms with van der Waals surface area (Å²) in [6.45, 7) is 2.14. The van der Waals surface area contributed by atoms with Crippen LogP contribution in [0.4, 0.5) is 0 Å². The maximum absolute atomic E-state index is 5.06. The molecule has 0 aromatic heterocycles. The molecule has 0 rings (SSSR count). The predicted molar refractivity (Wildman–Crippen MR) is 36.3 cm³/mol. The van der Waals surface area contributed by atoms with E-state index < -0.39 is 9.28 Å². The van der Waals surface area contributed by atoms with Gasteiger partial charge in [0.15, 0.2) is 0 Å². The Balaban J connectivity index is 3.07. The molecule has 0 aromatic carbocycles. The van der Waals surface area contributed by atoms with E-state index in [9.17, 15) is 0 Å². The van der Waals surface area contributed by atoms with Crippen molar-refractivity contribution < 1.29 is 8.85 Å². The molecule has 50 valence electrons. The van der Waals surface area contributed by atoms with Gasteiger partial charge in [-0.1, -0.05) is 13.3 Å². The first-order valence-electron chi connectivity index (χ1n) is 2.90. The molecular formula is C5H14O2Si. The summed E-state index contributed by atoms with van der Waals surface area (Å²) in [7, 11) is 2.24. The zero-order valence-corrected chi connectivity index (χ0v) is 6.96. The van der Waals surface area contributed by atoms with Crippen molar-refractivity contribution in [1.82, 2.24) is 0 Å². The number of hydrogen-bond acceptors (Lipinski definition) is 2. The minimum Gasteiger partial charge on any atom is -0.400 e. The van der Waals surface area contributed by atoms with Crippen molar-refractivity contribution in [3.63, 3.8) is 0 Å². The molecular weight excluding hydrogens is 120 g/mol. The average Bonchev–Trinajstić information content (AvgIpc) is 1.83. The Morgan fingerprint density at radius 2 is 1.75 bits per heavy atom. The van der Waals surface area contributed by atoms with E-state index in [4.69, 9.17) is 8.85 Å². The van der Waals surface area contributed by atoms with Crippen LogP contribution >= 0.6 is 0 Å². The van der Waals surface area contributed by atoms with Gasteiger partial charge in [-0.25, -0.2) is 0 Å². The van der Waals surface area contributed by atoms with Crippen LogP contribution in [0, 0.1) is 0 Å². The molecule has 0 fully saturated rings. The molecule has 0 heterocycles. The molecule has 0 radical (unpaired) electrons. The fourth-order valence-corrected chi connectivity index (χ4v) is 1.70. The normalized spacial score (nSPS) is 10.5. The molecule has 0 saturated carbocycles. The van der Waals surface area contributed by atoms with Crippen LogP contribution in [-0.4, -0.2) is 23.5 Å². The fraction of sp³-hybridized carbons (Fsp3) is 1.00. The highest BCUT2D eigenvalue weighted by molar-refractivity contribution is 6.44. The Labute approximate surface area is 52.7 Å². The highest BCUT2D eigenvalue weighted by Gasteiger charge is 2.05. The van der Waals surface area contributed by atoms with Crippen LogP contribution in [0.25, 0.3) is 0 Å². The van der Waals surface area contributed by atoms with E-state index >= 15 is 0 Å². The van der Waals surface area contributed by atoms with Gasteiger partial charge in [-0.05, 0) is 6.04 Å². The molecule has 0 N–H and O–H groups in total. The van der Waals surface area contributed by atoms with Crippen LogP contribution < -0.4 is 0 Å². The lowest BCUT2D eigenvalue weighted by molar-refractivity contribution is 0.277. The fourth-order valence-electron chi connectivity index (χ4n) is 0.568. The van der Waals surface area contributed by atoms with Crippen molar-refractivity contribution in [2.75, 3.05) is 14.2 Å². The second-order valence-corrected chi connectivity index (χ2v) is 4.07. The molecule has 0 atom stereocenters. The quantitative estimate of drug-likeness (QED) is 0.532. The van der Waals surface area contributed by atoms with Gasteiger partial charge >= 0.3 is 9.28 Å². The van der Waals surface area contributed by atoms with Crippen LogP contribution in [0.15, 0.2) is 0 Å². The molecule has 0 amide bonds. The van der Waals surface area contributed by atoms with E-state index in [2.05, 4.69) is 6.92 Å². The maximum Gasteiger partial charge on any atom is 0.320 e. The summed E-state index contributed by atoms with van der Waals surface area (Å²) >= 11 is 0. The van der Waals surface area contributed by atoms with Gasteiger partial charge in [0.05, 0.1) is 0 Å². The topological polar surface area (TPSA) is 18.5 Å². The second kappa shape index (κ2) is 5.28. The van der Waals surface area contributed by atoms with Crippen molar-refractivity contribution in [2.45, 2.75) is 19.4 Å². The zero-order chi connectivity index (χ0) is 6.41. The number of rotatable bonds is 4. The summed E-state index contributed by atoms with van der Waals surface area (Å²) in [6.07, 6.45) is 1.17. The summed E-state index contributed by atoms with van der Waals surface area (Å²) < 4.78 is 10.1. The highest BCUT2D eigenvalue weighted by atomic mass is 28.3. The zero-order valence-electron chi connectivity index (χ0n) is 5.81. The molecule has 3 heteroatoms. The smallest absolute Gasteiger partial charge is 0.320 e. The molecule has 0 aliphatic carbocycles. The first-order chi connectivity index (χ1) is 3.85. The van der Waals surface area contributed by atoms with Crippen molar-refractivity contribution in [1.29, 1.82) is 0 Å². The summed E-state index contributed by atoms with van der Waals surface area (Å²) in [6, 6.07) is 1.12. The third-order valence-electron chi connectivity index (χ3n) is 1.05. The van der Waals surface area contributed by atoms with E-state index in [0.717, 1.165) is 6.04 Å². The highest BCUT2D eigenvalue weighted by Crippen LogP contribution is 1.96. The monoisotopic (exact) mass is 134 g/mol. The second-order valence-electron chi connectivity index (χ2n) is 1.69. The number of hydrogen-bond donors (Lipinski definition) is 0. The van der Waals surface area contributed by atoms with Crippen molar-refractivity contribution in [3.05, 3.63) is 0 Å². The van der Waals surface area contributed by atoms with Gasteiger partial charge < -0.3 is 8.85 Å². The van der Waals surface area contributed by atoms with Crippen molar-refractivity contribution in [2.24, 2.45) is 0 Å². The van der Waals surface area contributed by atoms with Crippen LogP contribution in [0.2, 0.25) is 6.04 Å². The largest absolute Gasteiger partial charge is 0.400 e. The molecule has 8 heavy (non-hydrogen) atoms. The first kappa shape index (κ1) is 8.14. The maximum atomic E-state index is 5.06. The molecule has 0 aliphatic rings. The summed E-state index contributed by atoms with van der Waals surface area (Å²) in [5.41, 5.74) is 0. The average molecular weight is 134 g/mol. The third-order valence-corrected chi connectivity index (χ3v) is 3.15. The van der Waals surface area contributed by atoms with Gasteiger partial charge in [-0.2, -0.15) is 0 Å². The molecule has 0 aromatic rings. The van der Waals surface area contributed by atoms with Crippen LogP contribution in [0.3, 0.4) is 0 Å². The molecule has 0 saturated heterocycles. The Bertz CT molecular complexity index is 45.7. The third kappa shape index (κ3) is 3.18. The van der Waals surface area contributed by atoms with E-state index in [1.54, 1.807) is 14.2 Å². The Kier molecular flexibility index (Phi) is 5.37. The van der Waals surface area contributed by atoms with Gasteiger partial charge in [-0.3, -0.25) is 0 Å². The van der Waals surface area contributed by atoms with Crippen LogP contribution in [0.1, 0.15) is 13.3 Å². The molecule has 0 unspecified atom stereocenters. The van der Waals surface area contributed by atoms with E-state index in [1.807, 2.05) is 0 Å². The minimum absolute atomic E-state index is 1.12. The SMILES string of the molecule is CCC[SiH](OC)OC. The summed E-state index contributed by atoms with van der Waals surface area (Å²) in [5, 5.41) is 0. The summed E-state index contributed by atoms with van der Waals surface area (Å²) in [5.74, 6) is 0. The first-order valence-corrected chi connectivity index (χ1v) is 4.66. The lowest BCUT2D eigenvalue weighted by Gasteiger charge is -2.07. The van der Waals surface area contributed by atoms with Crippen LogP contribution in [0.5, 0.6) is 0 Å². The van der Waals surface area contributed by atoms with Gasteiger partial charge in [-0.15, -0.1) is 0 Å². The molecule has 2 nitrogen and oxygen atoms in total. The lowest BCUT2D eigenvalue weighted by Crippen LogP contribution is -2.17. The van der Waals surface area contributed by atoms with Crippen molar-refractivity contribution in [3.8, 4) is 0 Å². The predicted octanol–water partition coefficient (Wildman–Crippen LogP) is 0.910. The van der Waals surface area contributed by atoms with E-state index in [1.165, 1.54) is 6.42 Å². The van der Waals surface area contributed by atoms with Gasteiger partial charge in [0.25, 0.3) is 0 Å². The molecule has 0 spiro atoms. The summed E-state index contributed by atoms with van der Waals surface area (Å²) in [4.78, 5) is 0. The molecule has 0 bridgehead atoms.